The van der Waals surface area contributed by atoms with Crippen LogP contribution in [0.5, 0.6) is 0 Å². The first kappa shape index (κ1) is 16.8. The van der Waals surface area contributed by atoms with Crippen molar-refractivity contribution < 1.29 is 14.3 Å². The number of esters is 1. The van der Waals surface area contributed by atoms with Gasteiger partial charge in [0.1, 0.15) is 0 Å². The van der Waals surface area contributed by atoms with Crippen LogP contribution < -0.4 is 10.6 Å². The summed E-state index contributed by atoms with van der Waals surface area (Å²) in [4.78, 5) is 24.3. The second-order valence-electron chi connectivity index (χ2n) is 4.84. The highest BCUT2D eigenvalue weighted by molar-refractivity contribution is 6.30. The van der Waals surface area contributed by atoms with Gasteiger partial charge in [-0.2, -0.15) is 0 Å². The Morgan fingerprint density at radius 2 is 1.87 bits per heavy atom. The van der Waals surface area contributed by atoms with Crippen LogP contribution in [0.3, 0.4) is 0 Å². The van der Waals surface area contributed by atoms with E-state index < -0.39 is 18.0 Å². The summed E-state index contributed by atoms with van der Waals surface area (Å²) in [5.41, 5.74) is 1.55. The number of nitrogens with one attached hydrogen (secondary N) is 2. The molecule has 1 amide bonds. The number of amides is 1. The zero-order chi connectivity index (χ0) is 16.8. The third kappa shape index (κ3) is 4.47. The van der Waals surface area contributed by atoms with Crippen molar-refractivity contribution in [2.75, 3.05) is 17.7 Å². The minimum atomic E-state index is -0.939. The van der Waals surface area contributed by atoms with Crippen LogP contribution >= 0.6 is 11.6 Å². The molecule has 0 bridgehead atoms. The third-order valence-electron chi connectivity index (χ3n) is 3.16. The van der Waals surface area contributed by atoms with E-state index in [1.807, 2.05) is 0 Å². The molecule has 0 aliphatic carbocycles. The number of carbonyl (C=O) groups excluding carboxylic acids is 2. The van der Waals surface area contributed by atoms with Gasteiger partial charge in [-0.3, -0.25) is 4.79 Å². The number of para-hydroxylation sites is 1. The molecular weight excluding hydrogens is 316 g/mol. The molecule has 6 heteroatoms. The minimum absolute atomic E-state index is 0.373. The zero-order valence-corrected chi connectivity index (χ0v) is 13.6. The lowest BCUT2D eigenvalue weighted by atomic mass is 10.2. The standard InChI is InChI=1S/C17H17ClN2O3/c1-11(16(21)20-13-7-5-6-12(18)10-13)23-17(22)14-8-3-4-9-15(14)19-2/h3-11,19H,1-2H3,(H,20,21)/t11-/m0/s1. The van der Waals surface area contributed by atoms with Crippen LogP contribution in [-0.4, -0.2) is 25.0 Å². The van der Waals surface area contributed by atoms with Crippen molar-refractivity contribution >= 4 is 34.9 Å². The van der Waals surface area contributed by atoms with Crippen LogP contribution in [0.25, 0.3) is 0 Å². The molecule has 0 saturated carbocycles. The lowest BCUT2D eigenvalue weighted by molar-refractivity contribution is -0.123. The molecule has 0 aromatic heterocycles. The van der Waals surface area contributed by atoms with Gasteiger partial charge in [-0.1, -0.05) is 29.8 Å². The molecule has 0 aliphatic heterocycles. The fourth-order valence-corrected chi connectivity index (χ4v) is 2.16. The molecule has 2 N–H and O–H groups in total. The predicted octanol–water partition coefficient (Wildman–Crippen LogP) is 3.57. The Morgan fingerprint density at radius 1 is 1.13 bits per heavy atom. The first-order chi connectivity index (χ1) is 11.0. The molecule has 0 fully saturated rings. The fraction of sp³-hybridized carbons (Fsp3) is 0.176. The van der Waals surface area contributed by atoms with Crippen molar-refractivity contribution in [1.29, 1.82) is 0 Å². The molecule has 0 saturated heterocycles. The SMILES string of the molecule is CNc1ccccc1C(=O)O[C@@H](C)C(=O)Nc1cccc(Cl)c1. The molecule has 2 rings (SSSR count). The number of hydrogen-bond donors (Lipinski definition) is 2. The van der Waals surface area contributed by atoms with Crippen LogP contribution in [0.4, 0.5) is 11.4 Å². The molecule has 120 valence electrons. The maximum atomic E-state index is 12.2. The van der Waals surface area contributed by atoms with Crippen molar-refractivity contribution in [3.05, 3.63) is 59.1 Å². The maximum absolute atomic E-state index is 12.2. The first-order valence-electron chi connectivity index (χ1n) is 7.05. The van der Waals surface area contributed by atoms with Gasteiger partial charge in [-0.25, -0.2) is 4.79 Å². The van der Waals surface area contributed by atoms with Gasteiger partial charge in [0, 0.05) is 23.4 Å². The Bertz CT molecular complexity index is 718. The Labute approximate surface area is 139 Å². The number of carbonyl (C=O) groups is 2. The quantitative estimate of drug-likeness (QED) is 0.821. The van der Waals surface area contributed by atoms with Crippen molar-refractivity contribution in [1.82, 2.24) is 0 Å². The van der Waals surface area contributed by atoms with Crippen LogP contribution in [0.15, 0.2) is 48.5 Å². The third-order valence-corrected chi connectivity index (χ3v) is 3.40. The fourth-order valence-electron chi connectivity index (χ4n) is 1.97. The Hall–Kier alpha value is -2.53. The number of ether oxygens (including phenoxy) is 1. The first-order valence-corrected chi connectivity index (χ1v) is 7.43. The number of halogens is 1. The summed E-state index contributed by atoms with van der Waals surface area (Å²) in [6, 6.07) is 13.7. The number of hydrogen-bond acceptors (Lipinski definition) is 4. The van der Waals surface area contributed by atoms with Gasteiger partial charge < -0.3 is 15.4 Å². The lowest BCUT2D eigenvalue weighted by Gasteiger charge is -2.15. The minimum Gasteiger partial charge on any atom is -0.449 e. The van der Waals surface area contributed by atoms with Crippen molar-refractivity contribution in [3.63, 3.8) is 0 Å². The Balaban J connectivity index is 2.01. The molecule has 0 radical (unpaired) electrons. The topological polar surface area (TPSA) is 67.4 Å². The molecule has 2 aromatic carbocycles. The van der Waals surface area contributed by atoms with Gasteiger partial charge in [0.25, 0.3) is 5.91 Å². The van der Waals surface area contributed by atoms with E-state index in [2.05, 4.69) is 10.6 Å². The molecule has 23 heavy (non-hydrogen) atoms. The predicted molar refractivity (Wildman–Crippen MR) is 90.9 cm³/mol. The average Bonchev–Trinajstić information content (AvgIpc) is 2.54. The van der Waals surface area contributed by atoms with E-state index in [-0.39, 0.29) is 0 Å². The normalized spacial score (nSPS) is 11.4. The summed E-state index contributed by atoms with van der Waals surface area (Å²) < 4.78 is 5.22. The van der Waals surface area contributed by atoms with E-state index >= 15 is 0 Å². The van der Waals surface area contributed by atoms with Gasteiger partial charge in [-0.05, 0) is 37.3 Å². The molecule has 0 unspecified atom stereocenters. The number of rotatable bonds is 5. The zero-order valence-electron chi connectivity index (χ0n) is 12.8. The summed E-state index contributed by atoms with van der Waals surface area (Å²) in [7, 11) is 1.71. The van der Waals surface area contributed by atoms with E-state index in [1.165, 1.54) is 6.92 Å². The van der Waals surface area contributed by atoms with Crippen LogP contribution in [0, 0.1) is 0 Å². The van der Waals surface area contributed by atoms with Crippen molar-refractivity contribution in [3.8, 4) is 0 Å². The van der Waals surface area contributed by atoms with E-state index in [0.29, 0.717) is 22.0 Å². The van der Waals surface area contributed by atoms with Crippen LogP contribution in [-0.2, 0) is 9.53 Å². The van der Waals surface area contributed by atoms with Gasteiger partial charge in [0.05, 0.1) is 5.56 Å². The monoisotopic (exact) mass is 332 g/mol. The molecular formula is C17H17ClN2O3. The molecule has 5 nitrogen and oxygen atoms in total. The van der Waals surface area contributed by atoms with E-state index in [0.717, 1.165) is 0 Å². The van der Waals surface area contributed by atoms with Crippen LogP contribution in [0.1, 0.15) is 17.3 Å². The summed E-state index contributed by atoms with van der Waals surface area (Å²) in [6.45, 7) is 1.51. The summed E-state index contributed by atoms with van der Waals surface area (Å²) in [5.74, 6) is -0.994. The molecule has 1 atom stereocenters. The molecule has 0 aliphatic rings. The Morgan fingerprint density at radius 3 is 2.57 bits per heavy atom. The highest BCUT2D eigenvalue weighted by atomic mass is 35.5. The average molecular weight is 333 g/mol. The van der Waals surface area contributed by atoms with Crippen LogP contribution in [0.2, 0.25) is 5.02 Å². The molecule has 0 heterocycles. The van der Waals surface area contributed by atoms with Gasteiger partial charge in [0.2, 0.25) is 0 Å². The lowest BCUT2D eigenvalue weighted by Crippen LogP contribution is -2.30. The van der Waals surface area contributed by atoms with Gasteiger partial charge in [0.15, 0.2) is 6.10 Å². The highest BCUT2D eigenvalue weighted by Crippen LogP contribution is 2.18. The van der Waals surface area contributed by atoms with E-state index in [4.69, 9.17) is 16.3 Å². The summed E-state index contributed by atoms with van der Waals surface area (Å²) in [6.07, 6.45) is -0.939. The maximum Gasteiger partial charge on any atom is 0.341 e. The summed E-state index contributed by atoms with van der Waals surface area (Å²) in [5, 5.41) is 6.07. The van der Waals surface area contributed by atoms with E-state index in [9.17, 15) is 9.59 Å². The Kier molecular flexibility index (Phi) is 5.60. The largest absolute Gasteiger partial charge is 0.449 e. The number of anilines is 2. The highest BCUT2D eigenvalue weighted by Gasteiger charge is 2.20. The summed E-state index contributed by atoms with van der Waals surface area (Å²) >= 11 is 5.86. The molecule has 2 aromatic rings. The van der Waals surface area contributed by atoms with Crippen molar-refractivity contribution in [2.45, 2.75) is 13.0 Å². The van der Waals surface area contributed by atoms with Gasteiger partial charge in [-0.15, -0.1) is 0 Å². The van der Waals surface area contributed by atoms with E-state index in [1.54, 1.807) is 55.6 Å². The van der Waals surface area contributed by atoms with Crippen molar-refractivity contribution in [2.24, 2.45) is 0 Å². The second-order valence-corrected chi connectivity index (χ2v) is 5.28. The number of benzene rings is 2. The smallest absolute Gasteiger partial charge is 0.341 e. The second kappa shape index (κ2) is 7.65. The molecule has 0 spiro atoms. The van der Waals surface area contributed by atoms with Gasteiger partial charge >= 0.3 is 5.97 Å².